The molecule has 0 aliphatic carbocycles. The topological polar surface area (TPSA) is 122 Å². The molecule has 0 spiro atoms. The average molecular weight is 503 g/mol. The first-order valence-corrected chi connectivity index (χ1v) is 10.8. The van der Waals surface area contributed by atoms with Gasteiger partial charge < -0.3 is 4.74 Å². The molecule has 0 saturated heterocycles. The normalized spacial score (nSPS) is 12.6. The van der Waals surface area contributed by atoms with E-state index in [4.69, 9.17) is 9.88 Å². The Morgan fingerprint density at radius 3 is 2.32 bits per heavy atom. The fraction of sp³-hybridized carbons (Fsp3) is 0.211. The number of pyridine rings is 2. The maximum Gasteiger partial charge on any atom is 0.406 e. The monoisotopic (exact) mass is 503 g/mol. The lowest BCUT2D eigenvalue weighted by atomic mass is 10.2. The van der Waals surface area contributed by atoms with Crippen LogP contribution in [0.4, 0.5) is 22.0 Å². The molecular formula is C19H14F5N5O4S. The number of ether oxygens (including phenoxy) is 1. The number of halogens is 5. The van der Waals surface area contributed by atoms with Crippen molar-refractivity contribution in [2.45, 2.75) is 24.2 Å². The van der Waals surface area contributed by atoms with E-state index >= 15 is 0 Å². The molecule has 0 aliphatic rings. The Labute approximate surface area is 187 Å². The van der Waals surface area contributed by atoms with Crippen LogP contribution in [0, 0.1) is 11.6 Å². The molecule has 0 bridgehead atoms. The molecule has 0 amide bonds. The number of imidazole rings is 1. The Morgan fingerprint density at radius 2 is 1.76 bits per heavy atom. The largest absolute Gasteiger partial charge is 0.481 e. The highest BCUT2D eigenvalue weighted by molar-refractivity contribution is 7.89. The molecule has 34 heavy (non-hydrogen) atoms. The number of sulfonamides is 1. The molecule has 1 aromatic carbocycles. The molecule has 0 aliphatic heterocycles. The van der Waals surface area contributed by atoms with Crippen molar-refractivity contribution < 1.29 is 35.1 Å². The van der Waals surface area contributed by atoms with E-state index in [-0.39, 0.29) is 27.9 Å². The third kappa shape index (κ3) is 4.19. The summed E-state index contributed by atoms with van der Waals surface area (Å²) in [4.78, 5) is 20.2. The van der Waals surface area contributed by atoms with Crippen LogP contribution in [-0.2, 0) is 23.1 Å². The van der Waals surface area contributed by atoms with Gasteiger partial charge >= 0.3 is 11.9 Å². The summed E-state index contributed by atoms with van der Waals surface area (Å²) < 4.78 is 97.8. The van der Waals surface area contributed by atoms with Crippen LogP contribution in [0.5, 0.6) is 5.88 Å². The third-order valence-electron chi connectivity index (χ3n) is 4.98. The van der Waals surface area contributed by atoms with E-state index in [0.29, 0.717) is 16.7 Å². The standard InChI is InChI=1S/C19H14F5N5O4S/c1-33-15-3-2-10-16-14(6-26-17(10)27-15)29(8-19(22,23)24)18(30)28(16)7-11-12(20)4-9(5-13(11)21)34(25,31)32/h2-6H,7-8H2,1H3,(H2,25,31,32). The fourth-order valence-electron chi connectivity index (χ4n) is 3.51. The van der Waals surface area contributed by atoms with Gasteiger partial charge in [-0.15, -0.1) is 0 Å². The first-order valence-electron chi connectivity index (χ1n) is 9.30. The summed E-state index contributed by atoms with van der Waals surface area (Å²) >= 11 is 0. The first-order chi connectivity index (χ1) is 15.8. The minimum Gasteiger partial charge on any atom is -0.481 e. The van der Waals surface area contributed by atoms with Crippen molar-refractivity contribution in [3.8, 4) is 5.88 Å². The second kappa shape index (κ2) is 8.02. The van der Waals surface area contributed by atoms with E-state index in [0.717, 1.165) is 10.8 Å². The summed E-state index contributed by atoms with van der Waals surface area (Å²) in [6.07, 6.45) is -3.80. The minimum atomic E-state index is -4.79. The Hall–Kier alpha value is -3.59. The van der Waals surface area contributed by atoms with Crippen LogP contribution >= 0.6 is 0 Å². The molecule has 180 valence electrons. The molecule has 9 nitrogen and oxygen atoms in total. The highest BCUT2D eigenvalue weighted by Crippen LogP contribution is 2.28. The second-order valence-electron chi connectivity index (χ2n) is 7.20. The van der Waals surface area contributed by atoms with Gasteiger partial charge in [-0.2, -0.15) is 18.2 Å². The Kier molecular flexibility index (Phi) is 5.56. The Balaban J connectivity index is 2.01. The van der Waals surface area contributed by atoms with Crippen molar-refractivity contribution in [2.75, 3.05) is 7.11 Å². The number of alkyl halides is 3. The first kappa shape index (κ1) is 23.6. The average Bonchev–Trinajstić information content (AvgIpc) is 2.99. The lowest BCUT2D eigenvalue weighted by molar-refractivity contribution is -0.140. The highest BCUT2D eigenvalue weighted by Gasteiger charge is 2.32. The fourth-order valence-corrected chi connectivity index (χ4v) is 4.04. The summed E-state index contributed by atoms with van der Waals surface area (Å²) in [7, 11) is -3.11. The summed E-state index contributed by atoms with van der Waals surface area (Å²) in [5.74, 6) is -2.57. The molecule has 0 fully saturated rings. The van der Waals surface area contributed by atoms with E-state index in [1.807, 2.05) is 0 Å². The number of nitrogens with two attached hydrogens (primary N) is 1. The van der Waals surface area contributed by atoms with Crippen LogP contribution < -0.4 is 15.6 Å². The van der Waals surface area contributed by atoms with Crippen molar-refractivity contribution in [1.29, 1.82) is 0 Å². The smallest absolute Gasteiger partial charge is 0.406 e. The second-order valence-corrected chi connectivity index (χ2v) is 8.76. The van der Waals surface area contributed by atoms with Crippen molar-refractivity contribution in [2.24, 2.45) is 5.14 Å². The molecule has 3 heterocycles. The molecule has 0 unspecified atom stereocenters. The number of methoxy groups -OCH3 is 1. The SMILES string of the molecule is COc1ccc2c(ncc3c2n(Cc2c(F)cc(S(N)(=O)=O)cc2F)c(=O)n3CC(F)(F)F)n1. The predicted molar refractivity (Wildman–Crippen MR) is 109 cm³/mol. The number of aromatic nitrogens is 4. The van der Waals surface area contributed by atoms with Crippen LogP contribution in [0.15, 0.2) is 40.2 Å². The number of benzene rings is 1. The zero-order chi connectivity index (χ0) is 25.0. The number of rotatable bonds is 5. The Bertz CT molecular complexity index is 1590. The molecule has 15 heteroatoms. The zero-order valence-corrected chi connectivity index (χ0v) is 17.9. The summed E-state index contributed by atoms with van der Waals surface area (Å²) in [6, 6.07) is 3.68. The molecule has 3 aromatic heterocycles. The number of hydrogen-bond acceptors (Lipinski definition) is 6. The molecule has 4 rings (SSSR count). The van der Waals surface area contributed by atoms with Gasteiger partial charge in [-0.1, -0.05) is 0 Å². The van der Waals surface area contributed by atoms with Crippen molar-refractivity contribution in [3.63, 3.8) is 0 Å². The molecule has 4 aromatic rings. The van der Waals surface area contributed by atoms with E-state index < -0.39 is 57.1 Å². The minimum absolute atomic E-state index is 0.00951. The maximum absolute atomic E-state index is 14.6. The van der Waals surface area contributed by atoms with Gasteiger partial charge in [0.05, 0.1) is 35.8 Å². The summed E-state index contributed by atoms with van der Waals surface area (Å²) in [6.45, 7) is -2.53. The van der Waals surface area contributed by atoms with Gasteiger partial charge in [0, 0.05) is 17.0 Å². The number of hydrogen-bond donors (Lipinski definition) is 1. The third-order valence-corrected chi connectivity index (χ3v) is 5.88. The van der Waals surface area contributed by atoms with Crippen LogP contribution in [0.25, 0.3) is 22.1 Å². The van der Waals surface area contributed by atoms with Crippen molar-refractivity contribution in [3.05, 3.63) is 58.1 Å². The van der Waals surface area contributed by atoms with E-state index in [2.05, 4.69) is 9.97 Å². The van der Waals surface area contributed by atoms with Gasteiger partial charge in [0.1, 0.15) is 18.2 Å². The lowest BCUT2D eigenvalue weighted by Gasteiger charge is -2.10. The predicted octanol–water partition coefficient (Wildman–Crippen LogP) is 2.29. The summed E-state index contributed by atoms with van der Waals surface area (Å²) in [5, 5.41) is 5.02. The number of primary sulfonamides is 1. The van der Waals surface area contributed by atoms with Crippen LogP contribution in [0.1, 0.15) is 5.56 Å². The Morgan fingerprint density at radius 1 is 1.12 bits per heavy atom. The molecular weight excluding hydrogens is 489 g/mol. The van der Waals surface area contributed by atoms with Crippen LogP contribution in [0.3, 0.4) is 0 Å². The van der Waals surface area contributed by atoms with Crippen molar-refractivity contribution >= 4 is 32.1 Å². The maximum atomic E-state index is 14.6. The van der Waals surface area contributed by atoms with Gasteiger partial charge in [0.2, 0.25) is 15.9 Å². The number of nitrogens with zero attached hydrogens (tertiary/aromatic N) is 4. The van der Waals surface area contributed by atoms with Crippen LogP contribution in [-0.4, -0.2) is 40.8 Å². The van der Waals surface area contributed by atoms with Gasteiger partial charge in [-0.05, 0) is 18.2 Å². The van der Waals surface area contributed by atoms with E-state index in [1.165, 1.54) is 19.2 Å². The van der Waals surface area contributed by atoms with E-state index in [1.54, 1.807) is 0 Å². The van der Waals surface area contributed by atoms with Gasteiger partial charge in [0.15, 0.2) is 5.65 Å². The van der Waals surface area contributed by atoms with Crippen LogP contribution in [0.2, 0.25) is 0 Å². The molecule has 0 saturated carbocycles. The molecule has 2 N–H and O–H groups in total. The zero-order valence-electron chi connectivity index (χ0n) is 17.1. The van der Waals surface area contributed by atoms with Gasteiger partial charge in [0.25, 0.3) is 0 Å². The number of fused-ring (bicyclic) bond motifs is 3. The van der Waals surface area contributed by atoms with Crippen molar-refractivity contribution in [1.82, 2.24) is 19.1 Å². The quantitative estimate of drug-likeness (QED) is 0.417. The van der Waals surface area contributed by atoms with Gasteiger partial charge in [-0.3, -0.25) is 9.13 Å². The molecule has 0 atom stereocenters. The van der Waals surface area contributed by atoms with Gasteiger partial charge in [-0.25, -0.2) is 32.1 Å². The molecule has 0 radical (unpaired) electrons. The van der Waals surface area contributed by atoms with E-state index in [9.17, 15) is 35.2 Å². The summed E-state index contributed by atoms with van der Waals surface area (Å²) in [5.41, 5.74) is -2.32. The lowest BCUT2D eigenvalue weighted by Crippen LogP contribution is -2.30. The highest BCUT2D eigenvalue weighted by atomic mass is 32.2.